The van der Waals surface area contributed by atoms with Crippen molar-refractivity contribution in [3.8, 4) is 0 Å². The molecule has 18 heavy (non-hydrogen) atoms. The van der Waals surface area contributed by atoms with E-state index < -0.39 is 15.8 Å². The van der Waals surface area contributed by atoms with Crippen LogP contribution in [0.3, 0.4) is 0 Å². The lowest BCUT2D eigenvalue weighted by Crippen LogP contribution is -2.39. The fourth-order valence-electron chi connectivity index (χ4n) is 2.14. The number of benzene rings is 1. The number of nitrogens with two attached hydrogens (primary N) is 1. The van der Waals surface area contributed by atoms with E-state index >= 15 is 0 Å². The van der Waals surface area contributed by atoms with Gasteiger partial charge in [-0.05, 0) is 49.6 Å². The van der Waals surface area contributed by atoms with Crippen LogP contribution in [0.25, 0.3) is 0 Å². The van der Waals surface area contributed by atoms with Crippen molar-refractivity contribution in [2.24, 2.45) is 11.7 Å². The normalized spacial score (nSPS) is 19.0. The lowest BCUT2D eigenvalue weighted by atomic mass is 9.99. The van der Waals surface area contributed by atoms with Crippen molar-refractivity contribution in [2.75, 3.05) is 19.6 Å². The summed E-state index contributed by atoms with van der Waals surface area (Å²) in [5.74, 6) is -0.0274. The molecule has 0 amide bonds. The largest absolute Gasteiger partial charge is 0.330 e. The number of rotatable bonds is 3. The Morgan fingerprint density at radius 2 is 1.78 bits per heavy atom. The van der Waals surface area contributed by atoms with E-state index in [1.807, 2.05) is 0 Å². The molecule has 1 fully saturated rings. The average Bonchev–Trinajstić information content (AvgIpc) is 2.39. The molecule has 0 bridgehead atoms. The second-order valence-electron chi connectivity index (χ2n) is 4.54. The maximum absolute atomic E-state index is 12.8. The van der Waals surface area contributed by atoms with Crippen molar-refractivity contribution in [2.45, 2.75) is 17.7 Å². The molecule has 2 N–H and O–H groups in total. The second kappa shape index (κ2) is 5.34. The highest BCUT2D eigenvalue weighted by Gasteiger charge is 2.28. The smallest absolute Gasteiger partial charge is 0.243 e. The molecule has 1 heterocycles. The Balaban J connectivity index is 2.15. The van der Waals surface area contributed by atoms with E-state index in [1.165, 1.54) is 28.6 Å². The van der Waals surface area contributed by atoms with Gasteiger partial charge in [0.25, 0.3) is 0 Å². The summed E-state index contributed by atoms with van der Waals surface area (Å²) in [6.45, 7) is 1.58. The van der Waals surface area contributed by atoms with Crippen molar-refractivity contribution in [1.82, 2.24) is 4.31 Å². The summed E-state index contributed by atoms with van der Waals surface area (Å²) >= 11 is 0. The molecule has 0 atom stereocenters. The molecule has 2 rings (SSSR count). The van der Waals surface area contributed by atoms with Crippen LogP contribution in [0.15, 0.2) is 29.2 Å². The summed E-state index contributed by atoms with van der Waals surface area (Å²) in [7, 11) is -3.48. The molecular formula is C12H17FN2O2S. The van der Waals surface area contributed by atoms with Crippen LogP contribution in [0.1, 0.15) is 12.8 Å². The molecule has 1 aromatic rings. The number of piperidine rings is 1. The Kier molecular flexibility index (Phi) is 3.99. The van der Waals surface area contributed by atoms with E-state index in [4.69, 9.17) is 5.73 Å². The standard InChI is InChI=1S/C12H17FN2O2S/c13-11-1-3-12(4-2-11)18(16,17)15-7-5-10(9-14)6-8-15/h1-4,10H,5-9,14H2. The van der Waals surface area contributed by atoms with Crippen LogP contribution in [0, 0.1) is 11.7 Å². The molecule has 0 unspecified atom stereocenters. The number of hydrogen-bond acceptors (Lipinski definition) is 3. The monoisotopic (exact) mass is 272 g/mol. The summed E-state index contributed by atoms with van der Waals surface area (Å²) in [6, 6.07) is 4.94. The van der Waals surface area contributed by atoms with Gasteiger partial charge in [0.15, 0.2) is 0 Å². The summed E-state index contributed by atoms with van der Waals surface area (Å²) in [5, 5.41) is 0. The molecule has 100 valence electrons. The van der Waals surface area contributed by atoms with Gasteiger partial charge in [-0.2, -0.15) is 4.31 Å². The summed E-state index contributed by atoms with van der Waals surface area (Å²) < 4.78 is 38.8. The minimum Gasteiger partial charge on any atom is -0.330 e. The minimum atomic E-state index is -3.48. The first kappa shape index (κ1) is 13.5. The maximum Gasteiger partial charge on any atom is 0.243 e. The molecule has 1 aromatic carbocycles. The summed E-state index contributed by atoms with van der Waals surface area (Å²) in [5.41, 5.74) is 5.58. The van der Waals surface area contributed by atoms with Crippen LogP contribution in [0.4, 0.5) is 4.39 Å². The van der Waals surface area contributed by atoms with Crippen LogP contribution in [0.2, 0.25) is 0 Å². The van der Waals surface area contributed by atoms with Crippen LogP contribution in [-0.4, -0.2) is 32.4 Å². The first-order valence-electron chi connectivity index (χ1n) is 6.00. The van der Waals surface area contributed by atoms with E-state index in [0.717, 1.165) is 12.8 Å². The Hall–Kier alpha value is -0.980. The third kappa shape index (κ3) is 2.71. The van der Waals surface area contributed by atoms with Gasteiger partial charge in [-0.15, -0.1) is 0 Å². The highest BCUT2D eigenvalue weighted by molar-refractivity contribution is 7.89. The Bertz CT molecular complexity index is 493. The summed E-state index contributed by atoms with van der Waals surface area (Å²) in [6.07, 6.45) is 1.58. The third-order valence-corrected chi connectivity index (χ3v) is 5.27. The third-order valence-electron chi connectivity index (χ3n) is 3.36. The predicted octanol–water partition coefficient (Wildman–Crippen LogP) is 1.19. The van der Waals surface area contributed by atoms with Crippen molar-refractivity contribution in [3.63, 3.8) is 0 Å². The van der Waals surface area contributed by atoms with Gasteiger partial charge in [0.1, 0.15) is 5.82 Å². The van der Waals surface area contributed by atoms with Gasteiger partial charge in [0.2, 0.25) is 10.0 Å². The number of halogens is 1. The highest BCUT2D eigenvalue weighted by Crippen LogP contribution is 2.23. The van der Waals surface area contributed by atoms with Gasteiger partial charge >= 0.3 is 0 Å². The lowest BCUT2D eigenvalue weighted by molar-refractivity contribution is 0.278. The van der Waals surface area contributed by atoms with Crippen LogP contribution >= 0.6 is 0 Å². The summed E-state index contributed by atoms with van der Waals surface area (Å²) in [4.78, 5) is 0.148. The highest BCUT2D eigenvalue weighted by atomic mass is 32.2. The van der Waals surface area contributed by atoms with Gasteiger partial charge < -0.3 is 5.73 Å². The van der Waals surface area contributed by atoms with Gasteiger partial charge in [-0.3, -0.25) is 0 Å². The van der Waals surface area contributed by atoms with E-state index in [0.29, 0.717) is 25.6 Å². The van der Waals surface area contributed by atoms with E-state index in [-0.39, 0.29) is 4.90 Å². The molecule has 1 aliphatic heterocycles. The molecule has 1 aliphatic rings. The van der Waals surface area contributed by atoms with E-state index in [1.54, 1.807) is 0 Å². The fourth-order valence-corrected chi connectivity index (χ4v) is 3.61. The predicted molar refractivity (Wildman–Crippen MR) is 66.9 cm³/mol. The molecule has 0 spiro atoms. The fraction of sp³-hybridized carbons (Fsp3) is 0.500. The van der Waals surface area contributed by atoms with Crippen LogP contribution in [0.5, 0.6) is 0 Å². The molecule has 6 heteroatoms. The first-order valence-corrected chi connectivity index (χ1v) is 7.44. The quantitative estimate of drug-likeness (QED) is 0.899. The molecule has 0 aliphatic carbocycles. The van der Waals surface area contributed by atoms with Crippen molar-refractivity contribution < 1.29 is 12.8 Å². The minimum absolute atomic E-state index is 0.148. The SMILES string of the molecule is NCC1CCN(S(=O)(=O)c2ccc(F)cc2)CC1. The van der Waals surface area contributed by atoms with Crippen molar-refractivity contribution in [1.29, 1.82) is 0 Å². The molecule has 0 saturated carbocycles. The molecular weight excluding hydrogens is 255 g/mol. The number of nitrogens with zero attached hydrogens (tertiary/aromatic N) is 1. The average molecular weight is 272 g/mol. The molecule has 4 nitrogen and oxygen atoms in total. The van der Waals surface area contributed by atoms with Crippen molar-refractivity contribution >= 4 is 10.0 Å². The van der Waals surface area contributed by atoms with Gasteiger partial charge in [0, 0.05) is 13.1 Å². The molecule has 0 radical (unpaired) electrons. The Morgan fingerprint density at radius 1 is 1.22 bits per heavy atom. The molecule has 0 aromatic heterocycles. The maximum atomic E-state index is 12.8. The van der Waals surface area contributed by atoms with Gasteiger partial charge in [-0.25, -0.2) is 12.8 Å². The topological polar surface area (TPSA) is 63.4 Å². The van der Waals surface area contributed by atoms with Gasteiger partial charge in [-0.1, -0.05) is 0 Å². The van der Waals surface area contributed by atoms with Crippen LogP contribution < -0.4 is 5.73 Å². The van der Waals surface area contributed by atoms with E-state index in [2.05, 4.69) is 0 Å². The number of hydrogen-bond donors (Lipinski definition) is 1. The molecule has 1 saturated heterocycles. The van der Waals surface area contributed by atoms with Crippen molar-refractivity contribution in [3.05, 3.63) is 30.1 Å². The Morgan fingerprint density at radius 3 is 2.28 bits per heavy atom. The zero-order chi connectivity index (χ0) is 13.2. The Labute approximate surface area is 107 Å². The zero-order valence-electron chi connectivity index (χ0n) is 10.0. The first-order chi connectivity index (χ1) is 8.54. The lowest BCUT2D eigenvalue weighted by Gasteiger charge is -2.30. The van der Waals surface area contributed by atoms with Gasteiger partial charge in [0.05, 0.1) is 4.90 Å². The van der Waals surface area contributed by atoms with Crippen LogP contribution in [-0.2, 0) is 10.0 Å². The number of sulfonamides is 1. The van der Waals surface area contributed by atoms with E-state index in [9.17, 15) is 12.8 Å². The zero-order valence-corrected chi connectivity index (χ0v) is 10.9. The second-order valence-corrected chi connectivity index (χ2v) is 6.48.